The Balaban J connectivity index is 5.20. The molecular formula is C10H14O9. The zero-order chi connectivity index (χ0) is 15.2. The number of hydrogen-bond donors (Lipinski definition) is 4. The number of ether oxygens (including phenoxy) is 1. The van der Waals surface area contributed by atoms with Gasteiger partial charge in [-0.15, -0.1) is 0 Å². The molecule has 9 heteroatoms. The molecule has 0 aliphatic heterocycles. The van der Waals surface area contributed by atoms with Gasteiger partial charge in [0.05, 0.1) is 25.4 Å². The molecule has 0 saturated carbocycles. The summed E-state index contributed by atoms with van der Waals surface area (Å²) in [6, 6.07) is 0. The fourth-order valence-electron chi connectivity index (χ4n) is 1.32. The van der Waals surface area contributed by atoms with Gasteiger partial charge in [0.2, 0.25) is 5.60 Å². The van der Waals surface area contributed by atoms with Gasteiger partial charge in [-0.1, -0.05) is 0 Å². The van der Waals surface area contributed by atoms with Gasteiger partial charge in [-0.25, -0.2) is 4.79 Å². The Morgan fingerprint density at radius 2 is 1.47 bits per heavy atom. The first-order valence-electron chi connectivity index (χ1n) is 5.16. The predicted molar refractivity (Wildman–Crippen MR) is 57.3 cm³/mol. The SMILES string of the molecule is CC(O)CC(=O)OC(CC(=O)O)(CC(=O)O)C(=O)O. The zero-order valence-corrected chi connectivity index (χ0v) is 10.0. The highest BCUT2D eigenvalue weighted by Crippen LogP contribution is 2.23. The summed E-state index contributed by atoms with van der Waals surface area (Å²) < 4.78 is 4.47. The maximum absolute atomic E-state index is 11.3. The van der Waals surface area contributed by atoms with E-state index in [4.69, 9.17) is 20.4 Å². The topological polar surface area (TPSA) is 158 Å². The molecule has 0 bridgehead atoms. The maximum atomic E-state index is 11.3. The van der Waals surface area contributed by atoms with E-state index in [-0.39, 0.29) is 0 Å². The molecule has 1 unspecified atom stereocenters. The van der Waals surface area contributed by atoms with Crippen LogP contribution in [-0.2, 0) is 23.9 Å². The van der Waals surface area contributed by atoms with Gasteiger partial charge in [0.1, 0.15) is 0 Å². The molecule has 0 spiro atoms. The van der Waals surface area contributed by atoms with Crippen molar-refractivity contribution in [2.75, 3.05) is 0 Å². The Morgan fingerprint density at radius 1 is 1.05 bits per heavy atom. The van der Waals surface area contributed by atoms with E-state index in [2.05, 4.69) is 4.74 Å². The predicted octanol–water partition coefficient (Wildman–Crippen LogP) is -0.927. The quantitative estimate of drug-likeness (QED) is 0.411. The number of carboxylic acid groups (broad SMARTS) is 3. The zero-order valence-electron chi connectivity index (χ0n) is 10.0. The summed E-state index contributed by atoms with van der Waals surface area (Å²) in [5.74, 6) is -6.34. The van der Waals surface area contributed by atoms with Crippen LogP contribution in [0.5, 0.6) is 0 Å². The second-order valence-electron chi connectivity index (χ2n) is 3.97. The van der Waals surface area contributed by atoms with E-state index in [1.165, 1.54) is 6.92 Å². The molecule has 0 fully saturated rings. The third-order valence-electron chi connectivity index (χ3n) is 2.03. The summed E-state index contributed by atoms with van der Waals surface area (Å²) >= 11 is 0. The molecule has 0 rings (SSSR count). The summed E-state index contributed by atoms with van der Waals surface area (Å²) in [7, 11) is 0. The first-order chi connectivity index (χ1) is 8.59. The molecule has 0 aromatic carbocycles. The molecule has 108 valence electrons. The fourth-order valence-corrected chi connectivity index (χ4v) is 1.32. The van der Waals surface area contributed by atoms with Gasteiger partial charge in [0.25, 0.3) is 0 Å². The van der Waals surface area contributed by atoms with Crippen molar-refractivity contribution in [3.8, 4) is 0 Å². The molecule has 0 saturated heterocycles. The van der Waals surface area contributed by atoms with Crippen molar-refractivity contribution in [2.45, 2.75) is 37.9 Å². The number of carboxylic acids is 3. The summed E-state index contributed by atoms with van der Waals surface area (Å²) in [6.07, 6.45) is -4.09. The molecule has 0 radical (unpaired) electrons. The maximum Gasteiger partial charge on any atom is 0.349 e. The second-order valence-corrected chi connectivity index (χ2v) is 3.97. The van der Waals surface area contributed by atoms with Crippen LogP contribution in [0.25, 0.3) is 0 Å². The van der Waals surface area contributed by atoms with Crippen molar-refractivity contribution >= 4 is 23.9 Å². The minimum Gasteiger partial charge on any atom is -0.481 e. The first-order valence-corrected chi connectivity index (χ1v) is 5.16. The van der Waals surface area contributed by atoms with Crippen LogP contribution in [0.3, 0.4) is 0 Å². The highest BCUT2D eigenvalue weighted by molar-refractivity contribution is 5.90. The Labute approximate surface area is 107 Å². The van der Waals surface area contributed by atoms with Gasteiger partial charge in [-0.05, 0) is 6.92 Å². The summed E-state index contributed by atoms with van der Waals surface area (Å²) in [5.41, 5.74) is -2.69. The van der Waals surface area contributed by atoms with E-state index >= 15 is 0 Å². The number of aliphatic hydroxyl groups is 1. The molecule has 0 heterocycles. The number of carbonyl (C=O) groups is 4. The van der Waals surface area contributed by atoms with Crippen molar-refractivity contribution in [1.82, 2.24) is 0 Å². The number of rotatable bonds is 8. The number of hydrogen-bond acceptors (Lipinski definition) is 6. The molecule has 1 atom stereocenters. The third kappa shape index (κ3) is 5.82. The third-order valence-corrected chi connectivity index (χ3v) is 2.03. The standard InChI is InChI=1S/C10H14O9/c1-5(11)2-8(16)19-10(9(17)18,3-6(12)13)4-7(14)15/h5,11H,2-4H2,1H3,(H,12,13)(H,14,15)(H,17,18). The number of aliphatic carboxylic acids is 3. The Morgan fingerprint density at radius 3 is 1.74 bits per heavy atom. The number of carbonyl (C=O) groups excluding carboxylic acids is 1. The molecule has 0 aliphatic carbocycles. The number of aliphatic hydroxyl groups excluding tert-OH is 1. The minimum absolute atomic E-state index is 0.575. The molecular weight excluding hydrogens is 264 g/mol. The Bertz CT molecular complexity index is 368. The second kappa shape index (κ2) is 6.69. The lowest BCUT2D eigenvalue weighted by atomic mass is 9.95. The van der Waals surface area contributed by atoms with Gasteiger partial charge in [-0.3, -0.25) is 14.4 Å². The summed E-state index contributed by atoms with van der Waals surface area (Å²) in [5, 5.41) is 35.1. The molecule has 0 aliphatic rings. The molecule has 0 amide bonds. The smallest absolute Gasteiger partial charge is 0.349 e. The van der Waals surface area contributed by atoms with Crippen LogP contribution in [0, 0.1) is 0 Å². The lowest BCUT2D eigenvalue weighted by Crippen LogP contribution is -2.47. The van der Waals surface area contributed by atoms with Gasteiger partial charge in [-0.2, -0.15) is 0 Å². The summed E-state index contributed by atoms with van der Waals surface area (Å²) in [4.78, 5) is 43.6. The van der Waals surface area contributed by atoms with Gasteiger partial charge in [0, 0.05) is 0 Å². The lowest BCUT2D eigenvalue weighted by molar-refractivity contribution is -0.187. The van der Waals surface area contributed by atoms with Crippen molar-refractivity contribution < 1.29 is 44.3 Å². The average Bonchev–Trinajstić information content (AvgIpc) is 2.12. The molecule has 0 aromatic rings. The van der Waals surface area contributed by atoms with Gasteiger partial charge in [0.15, 0.2) is 0 Å². The van der Waals surface area contributed by atoms with Crippen molar-refractivity contribution in [3.63, 3.8) is 0 Å². The summed E-state index contributed by atoms with van der Waals surface area (Å²) in [6.45, 7) is 1.23. The Kier molecular flexibility index (Phi) is 5.93. The highest BCUT2D eigenvalue weighted by Gasteiger charge is 2.47. The van der Waals surface area contributed by atoms with E-state index in [9.17, 15) is 19.2 Å². The van der Waals surface area contributed by atoms with Crippen LogP contribution in [0.1, 0.15) is 26.2 Å². The minimum atomic E-state index is -2.69. The van der Waals surface area contributed by atoms with Gasteiger partial charge < -0.3 is 25.2 Å². The first kappa shape index (κ1) is 16.8. The van der Waals surface area contributed by atoms with Crippen LogP contribution < -0.4 is 0 Å². The normalized spacial score (nSPS) is 12.5. The highest BCUT2D eigenvalue weighted by atomic mass is 16.6. The van der Waals surface area contributed by atoms with E-state index in [0.717, 1.165) is 0 Å². The van der Waals surface area contributed by atoms with Crippen LogP contribution in [0.4, 0.5) is 0 Å². The van der Waals surface area contributed by atoms with Crippen LogP contribution in [0.2, 0.25) is 0 Å². The van der Waals surface area contributed by atoms with Crippen LogP contribution in [-0.4, -0.2) is 56.0 Å². The van der Waals surface area contributed by atoms with E-state index in [0.29, 0.717) is 0 Å². The lowest BCUT2D eigenvalue weighted by Gasteiger charge is -2.26. The molecule has 4 N–H and O–H groups in total. The van der Waals surface area contributed by atoms with E-state index in [1.807, 2.05) is 0 Å². The average molecular weight is 278 g/mol. The van der Waals surface area contributed by atoms with Crippen LogP contribution in [0.15, 0.2) is 0 Å². The van der Waals surface area contributed by atoms with Gasteiger partial charge >= 0.3 is 23.9 Å². The number of esters is 1. The monoisotopic (exact) mass is 278 g/mol. The molecule has 0 aromatic heterocycles. The molecule has 9 nitrogen and oxygen atoms in total. The van der Waals surface area contributed by atoms with E-state index < -0.39 is 54.8 Å². The fraction of sp³-hybridized carbons (Fsp3) is 0.600. The van der Waals surface area contributed by atoms with E-state index in [1.54, 1.807) is 0 Å². The van der Waals surface area contributed by atoms with Crippen LogP contribution >= 0.6 is 0 Å². The van der Waals surface area contributed by atoms with Crippen molar-refractivity contribution in [1.29, 1.82) is 0 Å². The Hall–Kier alpha value is -2.16. The largest absolute Gasteiger partial charge is 0.481 e. The van der Waals surface area contributed by atoms with Crippen molar-refractivity contribution in [3.05, 3.63) is 0 Å². The molecule has 19 heavy (non-hydrogen) atoms. The van der Waals surface area contributed by atoms with Crippen molar-refractivity contribution in [2.24, 2.45) is 0 Å².